The summed E-state index contributed by atoms with van der Waals surface area (Å²) in [5.41, 5.74) is 3.66. The first kappa shape index (κ1) is 11.3. The molecule has 3 aromatic rings. The predicted molar refractivity (Wildman–Crippen MR) is 75.4 cm³/mol. The molecule has 0 saturated heterocycles. The van der Waals surface area contributed by atoms with Gasteiger partial charge in [-0.25, -0.2) is 0 Å². The fourth-order valence-electron chi connectivity index (χ4n) is 2.11. The number of hydrogen-bond acceptors (Lipinski definition) is 1. The van der Waals surface area contributed by atoms with Crippen molar-refractivity contribution in [2.45, 2.75) is 6.54 Å². The molecule has 0 aliphatic heterocycles. The van der Waals surface area contributed by atoms with Gasteiger partial charge < -0.3 is 9.55 Å². The maximum Gasteiger partial charge on any atom is 0.200 e. The lowest BCUT2D eigenvalue weighted by atomic mass is 10.2. The van der Waals surface area contributed by atoms with Gasteiger partial charge in [-0.1, -0.05) is 40.2 Å². The summed E-state index contributed by atoms with van der Waals surface area (Å²) in [6, 6.07) is 16.2. The van der Waals surface area contributed by atoms with Crippen LogP contribution in [0.2, 0.25) is 0 Å². The van der Waals surface area contributed by atoms with Gasteiger partial charge in [-0.05, 0) is 29.8 Å². The molecule has 0 aliphatic rings. The van der Waals surface area contributed by atoms with Crippen LogP contribution in [-0.2, 0) is 6.54 Å². The molecule has 1 heterocycles. The number of aromatic nitrogens is 2. The SMILES string of the molecule is N=c1[nH]c2ccccc2n1Cc1cccc(Br)c1. The summed E-state index contributed by atoms with van der Waals surface area (Å²) >= 11 is 3.47. The average Bonchev–Trinajstić information content (AvgIpc) is 2.66. The van der Waals surface area contributed by atoms with Gasteiger partial charge >= 0.3 is 0 Å². The van der Waals surface area contributed by atoms with Crippen LogP contribution in [0.15, 0.2) is 53.0 Å². The Morgan fingerprint density at radius 1 is 1.11 bits per heavy atom. The number of benzene rings is 2. The van der Waals surface area contributed by atoms with Crippen LogP contribution >= 0.6 is 15.9 Å². The Bertz CT molecular complexity index is 755. The van der Waals surface area contributed by atoms with Crippen LogP contribution in [-0.4, -0.2) is 9.55 Å². The minimum atomic E-state index is 0.427. The molecule has 0 aliphatic carbocycles. The van der Waals surface area contributed by atoms with Crippen LogP contribution in [0.4, 0.5) is 0 Å². The lowest BCUT2D eigenvalue weighted by Crippen LogP contribution is -2.17. The van der Waals surface area contributed by atoms with Crippen molar-refractivity contribution >= 4 is 27.0 Å². The van der Waals surface area contributed by atoms with Crippen LogP contribution in [0, 0.1) is 5.41 Å². The molecule has 1 aromatic heterocycles. The number of nitrogens with zero attached hydrogens (tertiary/aromatic N) is 1. The van der Waals surface area contributed by atoms with Gasteiger partial charge in [0.1, 0.15) is 0 Å². The standard InChI is InChI=1S/C14H12BrN3/c15-11-5-3-4-10(8-11)9-18-13-7-2-1-6-12(13)17-14(18)16/h1-8H,9H2,(H2,16,17). The van der Waals surface area contributed by atoms with Crippen molar-refractivity contribution in [2.24, 2.45) is 0 Å². The van der Waals surface area contributed by atoms with Gasteiger partial charge in [0.05, 0.1) is 17.6 Å². The van der Waals surface area contributed by atoms with E-state index in [2.05, 4.69) is 33.0 Å². The Morgan fingerprint density at radius 2 is 1.94 bits per heavy atom. The van der Waals surface area contributed by atoms with Crippen molar-refractivity contribution in [3.05, 3.63) is 64.2 Å². The quantitative estimate of drug-likeness (QED) is 0.730. The number of aromatic amines is 1. The van der Waals surface area contributed by atoms with E-state index in [1.165, 1.54) is 5.56 Å². The van der Waals surface area contributed by atoms with E-state index in [1.54, 1.807) is 0 Å². The molecule has 0 radical (unpaired) electrons. The van der Waals surface area contributed by atoms with Crippen molar-refractivity contribution < 1.29 is 0 Å². The van der Waals surface area contributed by atoms with Crippen molar-refractivity contribution in [3.63, 3.8) is 0 Å². The first-order valence-electron chi connectivity index (χ1n) is 5.70. The molecule has 0 bridgehead atoms. The molecule has 3 nitrogen and oxygen atoms in total. The Hall–Kier alpha value is -1.81. The Balaban J connectivity index is 2.10. The van der Waals surface area contributed by atoms with Crippen molar-refractivity contribution in [2.75, 3.05) is 0 Å². The summed E-state index contributed by atoms with van der Waals surface area (Å²) in [4.78, 5) is 3.08. The Kier molecular flexibility index (Phi) is 2.80. The van der Waals surface area contributed by atoms with Crippen molar-refractivity contribution in [1.29, 1.82) is 5.41 Å². The average molecular weight is 302 g/mol. The second-order valence-corrected chi connectivity index (χ2v) is 5.12. The number of fused-ring (bicyclic) bond motifs is 1. The highest BCUT2D eigenvalue weighted by Gasteiger charge is 2.04. The smallest absolute Gasteiger partial charge is 0.200 e. The third kappa shape index (κ3) is 1.99. The summed E-state index contributed by atoms with van der Waals surface area (Å²) in [6.07, 6.45) is 0. The molecule has 90 valence electrons. The minimum Gasteiger partial charge on any atom is -0.324 e. The van der Waals surface area contributed by atoms with Gasteiger partial charge in [0.2, 0.25) is 5.62 Å². The van der Waals surface area contributed by atoms with Gasteiger partial charge in [0, 0.05) is 4.47 Å². The zero-order valence-electron chi connectivity index (χ0n) is 9.65. The number of nitrogens with one attached hydrogen (secondary N) is 2. The summed E-state index contributed by atoms with van der Waals surface area (Å²) in [5.74, 6) is 0. The summed E-state index contributed by atoms with van der Waals surface area (Å²) in [7, 11) is 0. The maximum atomic E-state index is 8.00. The highest BCUT2D eigenvalue weighted by molar-refractivity contribution is 9.10. The molecular weight excluding hydrogens is 290 g/mol. The van der Waals surface area contributed by atoms with Gasteiger partial charge in [-0.2, -0.15) is 0 Å². The maximum absolute atomic E-state index is 8.00. The molecule has 4 heteroatoms. The topological polar surface area (TPSA) is 44.6 Å². The van der Waals surface area contributed by atoms with Gasteiger partial charge in [-0.15, -0.1) is 0 Å². The fraction of sp³-hybridized carbons (Fsp3) is 0.0714. The van der Waals surface area contributed by atoms with E-state index in [-0.39, 0.29) is 0 Å². The largest absolute Gasteiger partial charge is 0.324 e. The Labute approximate surface area is 113 Å². The number of hydrogen-bond donors (Lipinski definition) is 2. The highest BCUT2D eigenvalue weighted by Crippen LogP contribution is 2.15. The van der Waals surface area contributed by atoms with Crippen LogP contribution in [0.25, 0.3) is 11.0 Å². The number of para-hydroxylation sites is 2. The van der Waals surface area contributed by atoms with Crippen LogP contribution in [0.1, 0.15) is 5.56 Å². The molecule has 18 heavy (non-hydrogen) atoms. The van der Waals surface area contributed by atoms with Gasteiger partial charge in [-0.3, -0.25) is 5.41 Å². The second kappa shape index (κ2) is 4.46. The van der Waals surface area contributed by atoms with E-state index in [4.69, 9.17) is 5.41 Å². The lowest BCUT2D eigenvalue weighted by molar-refractivity contribution is 0.751. The van der Waals surface area contributed by atoms with Crippen molar-refractivity contribution in [3.8, 4) is 0 Å². The predicted octanol–water partition coefficient (Wildman–Crippen LogP) is 3.26. The van der Waals surface area contributed by atoms with Crippen molar-refractivity contribution in [1.82, 2.24) is 9.55 Å². The third-order valence-corrected chi connectivity index (χ3v) is 3.44. The number of H-pyrrole nitrogens is 1. The third-order valence-electron chi connectivity index (χ3n) is 2.95. The van der Waals surface area contributed by atoms with E-state index in [0.717, 1.165) is 15.5 Å². The molecule has 0 saturated carbocycles. The second-order valence-electron chi connectivity index (χ2n) is 4.21. The first-order chi connectivity index (χ1) is 8.74. The van der Waals surface area contributed by atoms with Gasteiger partial charge in [0.25, 0.3) is 0 Å². The molecule has 0 unspecified atom stereocenters. The summed E-state index contributed by atoms with van der Waals surface area (Å²) in [6.45, 7) is 0.697. The molecule has 0 fully saturated rings. The van der Waals surface area contributed by atoms with Crippen LogP contribution in [0.3, 0.4) is 0 Å². The molecular formula is C14H12BrN3. The van der Waals surface area contributed by atoms with E-state index in [1.807, 2.05) is 41.0 Å². The molecule has 0 spiro atoms. The molecule has 3 rings (SSSR count). The van der Waals surface area contributed by atoms with Crippen LogP contribution in [0.5, 0.6) is 0 Å². The lowest BCUT2D eigenvalue weighted by Gasteiger charge is -2.05. The summed E-state index contributed by atoms with van der Waals surface area (Å²) in [5, 5.41) is 8.00. The fourth-order valence-corrected chi connectivity index (χ4v) is 2.56. The van der Waals surface area contributed by atoms with E-state index >= 15 is 0 Å². The van der Waals surface area contributed by atoms with Gasteiger partial charge in [0.15, 0.2) is 0 Å². The molecule has 0 amide bonds. The van der Waals surface area contributed by atoms with Crippen LogP contribution < -0.4 is 5.62 Å². The number of halogens is 1. The Morgan fingerprint density at radius 3 is 2.78 bits per heavy atom. The monoisotopic (exact) mass is 301 g/mol. The van der Waals surface area contributed by atoms with E-state index < -0.39 is 0 Å². The normalized spacial score (nSPS) is 10.9. The summed E-state index contributed by atoms with van der Waals surface area (Å²) < 4.78 is 3.03. The molecule has 2 N–H and O–H groups in total. The zero-order valence-corrected chi connectivity index (χ0v) is 11.2. The minimum absolute atomic E-state index is 0.427. The number of imidazole rings is 1. The van der Waals surface area contributed by atoms with E-state index in [9.17, 15) is 0 Å². The van der Waals surface area contributed by atoms with E-state index in [0.29, 0.717) is 12.2 Å². The zero-order chi connectivity index (χ0) is 12.5. The number of rotatable bonds is 2. The molecule has 2 aromatic carbocycles. The first-order valence-corrected chi connectivity index (χ1v) is 6.50. The molecule has 0 atom stereocenters. The highest BCUT2D eigenvalue weighted by atomic mass is 79.9.